The fourth-order valence-electron chi connectivity index (χ4n) is 0.624. The Morgan fingerprint density at radius 3 is 2.36 bits per heavy atom. The molecular formula is C5H8ClN5. The van der Waals surface area contributed by atoms with Crippen LogP contribution in [0.25, 0.3) is 0 Å². The third-order valence-corrected chi connectivity index (χ3v) is 1.45. The van der Waals surface area contributed by atoms with Gasteiger partial charge >= 0.3 is 0 Å². The summed E-state index contributed by atoms with van der Waals surface area (Å²) in [4.78, 5) is 7.54. The van der Waals surface area contributed by atoms with Gasteiger partial charge in [0.15, 0.2) is 11.0 Å². The van der Waals surface area contributed by atoms with Crippen LogP contribution in [0.4, 0.5) is 11.6 Å². The molecule has 0 saturated heterocycles. The number of halogens is 1. The maximum absolute atomic E-state index is 5.55. The number of nitrogens with zero attached hydrogens (tertiary/aromatic N) is 2. The molecule has 0 spiro atoms. The molecule has 0 atom stereocenters. The molecule has 0 saturated carbocycles. The highest BCUT2D eigenvalue weighted by Gasteiger charge is 2.05. The van der Waals surface area contributed by atoms with Gasteiger partial charge in [-0.1, -0.05) is 11.6 Å². The van der Waals surface area contributed by atoms with E-state index in [1.54, 1.807) is 0 Å². The maximum atomic E-state index is 5.55. The zero-order valence-electron chi connectivity index (χ0n) is 5.71. The molecule has 0 fully saturated rings. The van der Waals surface area contributed by atoms with Crippen molar-refractivity contribution in [2.45, 2.75) is 6.54 Å². The first-order valence-corrected chi connectivity index (χ1v) is 3.30. The molecule has 5 nitrogen and oxygen atoms in total. The van der Waals surface area contributed by atoms with Crippen molar-refractivity contribution in [2.24, 2.45) is 5.73 Å². The largest absolute Gasteiger partial charge is 0.382 e. The lowest BCUT2D eigenvalue weighted by molar-refractivity contribution is 0.975. The summed E-state index contributed by atoms with van der Waals surface area (Å²) in [5.41, 5.74) is 16.5. The summed E-state index contributed by atoms with van der Waals surface area (Å²) >= 11 is 5.55. The molecule has 1 rings (SSSR count). The van der Waals surface area contributed by atoms with Crippen LogP contribution in [-0.2, 0) is 6.54 Å². The van der Waals surface area contributed by atoms with E-state index in [1.165, 1.54) is 0 Å². The Labute approximate surface area is 68.6 Å². The van der Waals surface area contributed by atoms with Crippen molar-refractivity contribution in [1.82, 2.24) is 9.97 Å². The molecule has 1 aromatic rings. The van der Waals surface area contributed by atoms with E-state index in [-0.39, 0.29) is 23.3 Å². The number of anilines is 2. The van der Waals surface area contributed by atoms with Crippen molar-refractivity contribution in [3.8, 4) is 0 Å². The standard InChI is InChI=1S/C5H8ClN5/c6-3-5(9)11-4(8)2(1-7)10-3/h1,7H2,(H4,8,9,11). The monoisotopic (exact) mass is 173 g/mol. The fourth-order valence-corrected chi connectivity index (χ4v) is 0.768. The molecule has 1 heterocycles. The molecule has 60 valence electrons. The quantitative estimate of drug-likeness (QED) is 0.544. The first-order chi connectivity index (χ1) is 5.15. The van der Waals surface area contributed by atoms with Gasteiger partial charge in [-0.3, -0.25) is 0 Å². The molecular weight excluding hydrogens is 166 g/mol. The van der Waals surface area contributed by atoms with Crippen molar-refractivity contribution >= 4 is 23.2 Å². The van der Waals surface area contributed by atoms with Crippen molar-refractivity contribution in [3.63, 3.8) is 0 Å². The topological polar surface area (TPSA) is 104 Å². The second-order valence-electron chi connectivity index (χ2n) is 1.94. The molecule has 0 aliphatic heterocycles. The summed E-state index contributed by atoms with van der Waals surface area (Å²) in [6, 6.07) is 0. The van der Waals surface area contributed by atoms with Gasteiger partial charge in [0.2, 0.25) is 0 Å². The molecule has 1 aromatic heterocycles. The van der Waals surface area contributed by atoms with Gasteiger partial charge in [0.1, 0.15) is 5.82 Å². The second kappa shape index (κ2) is 2.89. The lowest BCUT2D eigenvalue weighted by Gasteiger charge is -2.02. The molecule has 0 aromatic carbocycles. The van der Waals surface area contributed by atoms with Gasteiger partial charge < -0.3 is 17.2 Å². The van der Waals surface area contributed by atoms with E-state index >= 15 is 0 Å². The summed E-state index contributed by atoms with van der Waals surface area (Å²) in [5.74, 6) is 0.357. The van der Waals surface area contributed by atoms with E-state index in [0.29, 0.717) is 5.69 Å². The van der Waals surface area contributed by atoms with Gasteiger partial charge in [-0.2, -0.15) is 0 Å². The third kappa shape index (κ3) is 1.50. The second-order valence-corrected chi connectivity index (χ2v) is 2.29. The predicted octanol–water partition coefficient (Wildman–Crippen LogP) is -0.247. The van der Waals surface area contributed by atoms with Gasteiger partial charge in [0.05, 0.1) is 5.69 Å². The molecule has 0 bridgehead atoms. The fraction of sp³-hybridized carbons (Fsp3) is 0.200. The predicted molar refractivity (Wildman–Crippen MR) is 43.8 cm³/mol. The van der Waals surface area contributed by atoms with E-state index in [2.05, 4.69) is 9.97 Å². The van der Waals surface area contributed by atoms with Crippen LogP contribution >= 0.6 is 11.6 Å². The van der Waals surface area contributed by atoms with E-state index in [9.17, 15) is 0 Å². The van der Waals surface area contributed by atoms with Gasteiger partial charge in [0, 0.05) is 6.54 Å². The molecule has 11 heavy (non-hydrogen) atoms. The maximum Gasteiger partial charge on any atom is 0.171 e. The van der Waals surface area contributed by atoms with E-state index < -0.39 is 0 Å². The Morgan fingerprint density at radius 1 is 1.18 bits per heavy atom. The number of nitrogen functional groups attached to an aromatic ring is 2. The first kappa shape index (κ1) is 8.03. The smallest absolute Gasteiger partial charge is 0.171 e. The Bertz CT molecular complexity index is 274. The highest BCUT2D eigenvalue weighted by Crippen LogP contribution is 2.16. The van der Waals surface area contributed by atoms with E-state index in [0.717, 1.165) is 0 Å². The Morgan fingerprint density at radius 2 is 1.82 bits per heavy atom. The van der Waals surface area contributed by atoms with Crippen LogP contribution in [0, 0.1) is 0 Å². The molecule has 6 N–H and O–H groups in total. The Kier molecular flexibility index (Phi) is 2.11. The van der Waals surface area contributed by atoms with Crippen LogP contribution in [0.3, 0.4) is 0 Å². The van der Waals surface area contributed by atoms with Gasteiger partial charge in [0.25, 0.3) is 0 Å². The van der Waals surface area contributed by atoms with Crippen LogP contribution in [0.1, 0.15) is 5.69 Å². The van der Waals surface area contributed by atoms with Crippen LogP contribution in [0.5, 0.6) is 0 Å². The van der Waals surface area contributed by atoms with Crippen LogP contribution in [0.2, 0.25) is 5.15 Å². The number of nitrogens with two attached hydrogens (primary N) is 3. The lowest BCUT2D eigenvalue weighted by Crippen LogP contribution is -2.08. The van der Waals surface area contributed by atoms with E-state index in [1.807, 2.05) is 0 Å². The highest BCUT2D eigenvalue weighted by atomic mass is 35.5. The minimum absolute atomic E-state index is 0.126. The molecule has 0 aliphatic rings. The third-order valence-electron chi connectivity index (χ3n) is 1.17. The number of hydrogen-bond acceptors (Lipinski definition) is 5. The Balaban J connectivity index is 3.21. The average molecular weight is 174 g/mol. The summed E-state index contributed by atoms with van der Waals surface area (Å²) < 4.78 is 0. The first-order valence-electron chi connectivity index (χ1n) is 2.92. The number of rotatable bonds is 1. The van der Waals surface area contributed by atoms with Crippen molar-refractivity contribution in [1.29, 1.82) is 0 Å². The van der Waals surface area contributed by atoms with Gasteiger partial charge in [-0.25, -0.2) is 9.97 Å². The minimum atomic E-state index is 0.126. The summed E-state index contributed by atoms with van der Waals surface area (Å²) in [6.45, 7) is 0.207. The molecule has 6 heteroatoms. The van der Waals surface area contributed by atoms with Gasteiger partial charge in [-0.05, 0) is 0 Å². The number of hydrogen-bond donors (Lipinski definition) is 3. The lowest BCUT2D eigenvalue weighted by atomic mass is 10.4. The zero-order chi connectivity index (χ0) is 8.43. The molecule has 0 unspecified atom stereocenters. The van der Waals surface area contributed by atoms with E-state index in [4.69, 9.17) is 28.8 Å². The highest BCUT2D eigenvalue weighted by molar-refractivity contribution is 6.31. The summed E-state index contributed by atoms with van der Waals surface area (Å²) in [6.07, 6.45) is 0. The molecule has 0 radical (unpaired) electrons. The van der Waals surface area contributed by atoms with Crippen molar-refractivity contribution in [3.05, 3.63) is 10.8 Å². The van der Waals surface area contributed by atoms with Crippen LogP contribution in [0.15, 0.2) is 0 Å². The Hall–Kier alpha value is -1.07. The summed E-state index contributed by atoms with van der Waals surface area (Å²) in [5, 5.41) is 0.139. The van der Waals surface area contributed by atoms with Crippen molar-refractivity contribution in [2.75, 3.05) is 11.5 Å². The number of aromatic nitrogens is 2. The molecule has 0 amide bonds. The zero-order valence-corrected chi connectivity index (χ0v) is 6.47. The van der Waals surface area contributed by atoms with Crippen LogP contribution < -0.4 is 17.2 Å². The summed E-state index contributed by atoms with van der Waals surface area (Å²) in [7, 11) is 0. The van der Waals surface area contributed by atoms with Crippen molar-refractivity contribution < 1.29 is 0 Å². The normalized spacial score (nSPS) is 10.0. The SMILES string of the molecule is NCc1nc(Cl)c(N)nc1N. The average Bonchev–Trinajstić information content (AvgIpc) is 1.97. The van der Waals surface area contributed by atoms with Gasteiger partial charge in [-0.15, -0.1) is 0 Å². The van der Waals surface area contributed by atoms with Crippen LogP contribution in [-0.4, -0.2) is 9.97 Å². The molecule has 0 aliphatic carbocycles. The minimum Gasteiger partial charge on any atom is -0.382 e.